The van der Waals surface area contributed by atoms with Gasteiger partial charge in [-0.25, -0.2) is 0 Å². The van der Waals surface area contributed by atoms with Crippen LogP contribution in [-0.2, 0) is 47.4 Å². The van der Waals surface area contributed by atoms with Crippen LogP contribution >= 0.6 is 0 Å². The molecule has 0 bridgehead atoms. The Bertz CT molecular complexity index is 544. The Kier molecular flexibility index (Phi) is 37.6. The van der Waals surface area contributed by atoms with Gasteiger partial charge in [-0.2, -0.15) is 0 Å². The van der Waals surface area contributed by atoms with Gasteiger partial charge in [-0.3, -0.25) is 0 Å². The molecule has 0 aliphatic heterocycles. The Hall–Kier alpha value is -0.440. The van der Waals surface area contributed by atoms with Crippen molar-refractivity contribution < 1.29 is 52.5 Å². The van der Waals surface area contributed by atoms with Crippen LogP contribution in [0.15, 0.2) is 0 Å². The Labute approximate surface area is 275 Å². The average molecular weight is 655 g/mol. The molecule has 0 spiro atoms. The maximum atomic E-state index is 8.59. The lowest BCUT2D eigenvalue weighted by atomic mass is 10.1. The highest BCUT2D eigenvalue weighted by Crippen LogP contribution is 2.09. The van der Waals surface area contributed by atoms with Crippen LogP contribution < -0.4 is 0 Å². The number of hydrogen-bond donors (Lipinski definition) is 1. The summed E-state index contributed by atoms with van der Waals surface area (Å²) in [5.74, 6) is 0. The molecule has 1 N–H and O–H groups in total. The van der Waals surface area contributed by atoms with E-state index < -0.39 is 0 Å². The minimum Gasteiger partial charge on any atom is -0.394 e. The number of ether oxygens (including phenoxy) is 10. The van der Waals surface area contributed by atoms with Gasteiger partial charge in [0.25, 0.3) is 0 Å². The van der Waals surface area contributed by atoms with Crippen LogP contribution in [0.5, 0.6) is 0 Å². The van der Waals surface area contributed by atoms with Crippen molar-refractivity contribution in [3.8, 4) is 0 Å². The molecule has 3 unspecified atom stereocenters. The van der Waals surface area contributed by atoms with E-state index in [9.17, 15) is 0 Å². The molecule has 0 aromatic carbocycles. The predicted molar refractivity (Wildman–Crippen MR) is 176 cm³/mol. The topological polar surface area (TPSA) is 113 Å². The van der Waals surface area contributed by atoms with Crippen LogP contribution in [0, 0.1) is 0 Å². The first kappa shape index (κ1) is 44.6. The summed E-state index contributed by atoms with van der Waals surface area (Å²) in [6, 6.07) is 0. The summed E-state index contributed by atoms with van der Waals surface area (Å²) < 4.78 is 55.7. The van der Waals surface area contributed by atoms with Gasteiger partial charge in [0.05, 0.1) is 131 Å². The summed E-state index contributed by atoms with van der Waals surface area (Å²) in [5, 5.41) is 8.59. The molecule has 0 aliphatic carbocycles. The zero-order valence-electron chi connectivity index (χ0n) is 29.4. The summed E-state index contributed by atoms with van der Waals surface area (Å²) in [4.78, 5) is 0. The molecule has 0 rings (SSSR count). The van der Waals surface area contributed by atoms with Gasteiger partial charge in [0.2, 0.25) is 0 Å². The van der Waals surface area contributed by atoms with Crippen LogP contribution in [0.4, 0.5) is 0 Å². The second kappa shape index (κ2) is 38.0. The monoisotopic (exact) mass is 654 g/mol. The lowest BCUT2D eigenvalue weighted by Gasteiger charge is -2.20. The molecule has 0 saturated heterocycles. The maximum absolute atomic E-state index is 8.59. The van der Waals surface area contributed by atoms with Crippen LogP contribution in [0.1, 0.15) is 85.5 Å². The van der Waals surface area contributed by atoms with Crippen molar-refractivity contribution in [2.45, 2.75) is 104 Å². The molecule has 0 aromatic rings. The van der Waals surface area contributed by atoms with E-state index in [0.717, 1.165) is 13.0 Å². The van der Waals surface area contributed by atoms with Crippen LogP contribution in [-0.4, -0.2) is 142 Å². The molecule has 11 nitrogen and oxygen atoms in total. The first-order chi connectivity index (χ1) is 22.1. The molecule has 0 saturated carbocycles. The molecule has 0 aliphatic rings. The largest absolute Gasteiger partial charge is 0.394 e. The first-order valence-corrected chi connectivity index (χ1v) is 17.6. The summed E-state index contributed by atoms with van der Waals surface area (Å²) in [5.41, 5.74) is 0. The van der Waals surface area contributed by atoms with E-state index in [1.807, 2.05) is 20.8 Å². The molecule has 11 heteroatoms. The predicted octanol–water partition coefficient (Wildman–Crippen LogP) is 4.84. The summed E-state index contributed by atoms with van der Waals surface area (Å²) in [6.07, 6.45) is 12.0. The second-order valence-electron chi connectivity index (χ2n) is 11.3. The zero-order chi connectivity index (χ0) is 32.9. The molecule has 45 heavy (non-hydrogen) atoms. The minimum absolute atomic E-state index is 0.00485. The van der Waals surface area contributed by atoms with E-state index in [2.05, 4.69) is 6.92 Å². The molecule has 0 heterocycles. The summed E-state index contributed by atoms with van der Waals surface area (Å²) >= 11 is 0. The highest BCUT2D eigenvalue weighted by atomic mass is 16.6. The highest BCUT2D eigenvalue weighted by Gasteiger charge is 2.10. The fourth-order valence-corrected chi connectivity index (χ4v) is 4.08. The quantitative estimate of drug-likeness (QED) is 0.0919. The van der Waals surface area contributed by atoms with Crippen molar-refractivity contribution in [1.82, 2.24) is 0 Å². The molecular formula is C34H70O11. The number of aliphatic hydroxyl groups excluding tert-OH is 1. The third-order valence-corrected chi connectivity index (χ3v) is 6.70. The van der Waals surface area contributed by atoms with Crippen molar-refractivity contribution in [1.29, 1.82) is 0 Å². The van der Waals surface area contributed by atoms with Gasteiger partial charge in [0, 0.05) is 6.61 Å². The van der Waals surface area contributed by atoms with E-state index in [1.165, 1.54) is 51.4 Å². The third kappa shape index (κ3) is 37.9. The lowest BCUT2D eigenvalue weighted by Crippen LogP contribution is -2.27. The molecular weight excluding hydrogens is 584 g/mol. The van der Waals surface area contributed by atoms with Gasteiger partial charge in [0.15, 0.2) is 0 Å². The lowest BCUT2D eigenvalue weighted by molar-refractivity contribution is -0.0854. The van der Waals surface area contributed by atoms with Crippen LogP contribution in [0.2, 0.25) is 0 Å². The number of rotatable bonds is 39. The Balaban J connectivity index is 3.34. The molecule has 0 radical (unpaired) electrons. The van der Waals surface area contributed by atoms with Crippen LogP contribution in [0.3, 0.4) is 0 Å². The van der Waals surface area contributed by atoms with Crippen molar-refractivity contribution in [2.24, 2.45) is 0 Å². The van der Waals surface area contributed by atoms with E-state index in [-0.39, 0.29) is 24.9 Å². The van der Waals surface area contributed by atoms with Gasteiger partial charge >= 0.3 is 0 Å². The molecule has 0 fully saturated rings. The highest BCUT2D eigenvalue weighted by molar-refractivity contribution is 4.56. The van der Waals surface area contributed by atoms with E-state index in [1.54, 1.807) is 0 Å². The summed E-state index contributed by atoms with van der Waals surface area (Å²) in [6.45, 7) is 17.3. The van der Waals surface area contributed by atoms with Crippen molar-refractivity contribution in [2.75, 3.05) is 119 Å². The minimum atomic E-state index is -0.0185. The van der Waals surface area contributed by atoms with Crippen LogP contribution in [0.25, 0.3) is 0 Å². The molecule has 3 atom stereocenters. The zero-order valence-corrected chi connectivity index (χ0v) is 29.4. The van der Waals surface area contributed by atoms with Gasteiger partial charge in [-0.05, 0) is 27.2 Å². The maximum Gasteiger partial charge on any atom is 0.0781 e. The Morgan fingerprint density at radius 1 is 0.356 bits per heavy atom. The van der Waals surface area contributed by atoms with Crippen molar-refractivity contribution in [3.05, 3.63) is 0 Å². The van der Waals surface area contributed by atoms with E-state index >= 15 is 0 Å². The van der Waals surface area contributed by atoms with Gasteiger partial charge in [-0.15, -0.1) is 0 Å². The standard InChI is InChI=1S/C34H70O11/c1-5-6-7-8-9-10-11-12-13-15-42-29-32(2)44-31-34(4)45-30-33(3)43-28-27-41-26-25-40-24-23-39-22-21-38-20-19-37-18-17-36-16-14-35/h32-35H,5-31H2,1-4H3. The van der Waals surface area contributed by atoms with E-state index in [0.29, 0.717) is 106 Å². The number of unbranched alkanes of at least 4 members (excludes halogenated alkanes) is 8. The van der Waals surface area contributed by atoms with Crippen molar-refractivity contribution in [3.63, 3.8) is 0 Å². The average Bonchev–Trinajstić information content (AvgIpc) is 3.04. The number of hydrogen-bond acceptors (Lipinski definition) is 11. The van der Waals surface area contributed by atoms with Gasteiger partial charge in [0.1, 0.15) is 0 Å². The number of aliphatic hydroxyl groups is 1. The summed E-state index contributed by atoms with van der Waals surface area (Å²) in [7, 11) is 0. The first-order valence-electron chi connectivity index (χ1n) is 17.6. The van der Waals surface area contributed by atoms with Gasteiger partial charge in [-0.1, -0.05) is 58.3 Å². The third-order valence-electron chi connectivity index (χ3n) is 6.70. The Morgan fingerprint density at radius 2 is 0.711 bits per heavy atom. The molecule has 0 amide bonds. The smallest absolute Gasteiger partial charge is 0.0781 e. The van der Waals surface area contributed by atoms with Gasteiger partial charge < -0.3 is 52.5 Å². The SMILES string of the molecule is CCCCCCCCCCCOCC(C)OCC(C)OCC(C)OCCOCCOCCOCCOCCOCCOCCO. The fourth-order valence-electron chi connectivity index (χ4n) is 4.08. The van der Waals surface area contributed by atoms with Crippen molar-refractivity contribution >= 4 is 0 Å². The fraction of sp³-hybridized carbons (Fsp3) is 1.00. The van der Waals surface area contributed by atoms with E-state index in [4.69, 9.17) is 52.5 Å². The second-order valence-corrected chi connectivity index (χ2v) is 11.3. The molecule has 272 valence electrons. The molecule has 0 aromatic heterocycles. The Morgan fingerprint density at radius 3 is 1.16 bits per heavy atom. The normalized spacial score (nSPS) is 13.8.